The molecule has 0 saturated carbocycles. The zero-order valence-corrected chi connectivity index (χ0v) is 13.2. The summed E-state index contributed by atoms with van der Waals surface area (Å²) in [4.78, 5) is 14.8. The maximum atomic E-state index is 12.8. The van der Waals surface area contributed by atoms with Crippen LogP contribution >= 0.6 is 0 Å². The molecule has 0 fully saturated rings. The number of carbonyl (C=O) groups is 1. The summed E-state index contributed by atoms with van der Waals surface area (Å²) in [5.41, 5.74) is 3.07. The topological polar surface area (TPSA) is 20.3 Å². The lowest BCUT2D eigenvalue weighted by molar-refractivity contribution is 0.0624. The van der Waals surface area contributed by atoms with Crippen LogP contribution in [0.15, 0.2) is 54.6 Å². The van der Waals surface area contributed by atoms with E-state index in [9.17, 15) is 4.79 Å². The molecule has 1 atom stereocenters. The normalized spacial score (nSPS) is 12.2. The van der Waals surface area contributed by atoms with Crippen molar-refractivity contribution in [3.63, 3.8) is 0 Å². The third kappa shape index (κ3) is 3.52. The lowest BCUT2D eigenvalue weighted by atomic mass is 10.0. The first-order valence-corrected chi connectivity index (χ1v) is 7.45. The predicted octanol–water partition coefficient (Wildman–Crippen LogP) is 4.61. The minimum absolute atomic E-state index is 0.0556. The van der Waals surface area contributed by atoms with E-state index in [1.807, 2.05) is 54.3 Å². The van der Waals surface area contributed by atoms with E-state index in [2.05, 4.69) is 32.9 Å². The fraction of sp³-hybridized carbons (Fsp3) is 0.316. The molecule has 110 valence electrons. The Morgan fingerprint density at radius 1 is 0.905 bits per heavy atom. The second kappa shape index (κ2) is 6.57. The highest BCUT2D eigenvalue weighted by Crippen LogP contribution is 2.24. The van der Waals surface area contributed by atoms with E-state index in [0.717, 1.165) is 11.1 Å². The van der Waals surface area contributed by atoms with Crippen LogP contribution in [0.4, 0.5) is 0 Å². The number of benzene rings is 2. The molecule has 0 radical (unpaired) electrons. The van der Waals surface area contributed by atoms with Crippen molar-refractivity contribution in [1.29, 1.82) is 0 Å². The molecule has 1 amide bonds. The van der Waals surface area contributed by atoms with Crippen LogP contribution in [0.1, 0.15) is 48.3 Å². The maximum Gasteiger partial charge on any atom is 0.254 e. The Hall–Kier alpha value is -2.09. The Morgan fingerprint density at radius 2 is 1.48 bits per heavy atom. The number of rotatable bonds is 4. The van der Waals surface area contributed by atoms with Gasteiger partial charge in [0.05, 0.1) is 6.04 Å². The van der Waals surface area contributed by atoms with Crippen LogP contribution in [0.25, 0.3) is 0 Å². The molecule has 0 aliphatic carbocycles. The van der Waals surface area contributed by atoms with Crippen molar-refractivity contribution in [2.75, 3.05) is 0 Å². The average molecular weight is 281 g/mol. The highest BCUT2D eigenvalue weighted by atomic mass is 16.2. The summed E-state index contributed by atoms with van der Waals surface area (Å²) in [6.07, 6.45) is 0. The first-order valence-electron chi connectivity index (χ1n) is 7.45. The molecular formula is C19H23NO. The van der Waals surface area contributed by atoms with E-state index in [0.29, 0.717) is 0 Å². The Bertz CT molecular complexity index is 587. The van der Waals surface area contributed by atoms with Crippen molar-refractivity contribution in [3.05, 3.63) is 71.3 Å². The predicted molar refractivity (Wildman–Crippen MR) is 87.3 cm³/mol. The largest absolute Gasteiger partial charge is 0.329 e. The van der Waals surface area contributed by atoms with Crippen LogP contribution in [0.3, 0.4) is 0 Å². The quantitative estimate of drug-likeness (QED) is 0.801. The van der Waals surface area contributed by atoms with E-state index in [1.54, 1.807) is 0 Å². The van der Waals surface area contributed by atoms with Gasteiger partial charge in [-0.1, -0.05) is 48.0 Å². The molecule has 2 aromatic carbocycles. The standard InChI is InChI=1S/C19H23NO/c1-14(2)20(16(4)17-8-6-5-7-9-17)19(21)18-12-10-15(3)11-13-18/h5-14,16H,1-4H3/t16-/m1/s1. The molecule has 0 saturated heterocycles. The maximum absolute atomic E-state index is 12.8. The summed E-state index contributed by atoms with van der Waals surface area (Å²) in [6, 6.07) is 18.2. The lowest BCUT2D eigenvalue weighted by Gasteiger charge is -2.33. The molecule has 0 unspecified atom stereocenters. The molecule has 0 aliphatic heterocycles. The summed E-state index contributed by atoms with van der Waals surface area (Å²) >= 11 is 0. The minimum atomic E-state index is 0.0556. The third-order valence-corrected chi connectivity index (χ3v) is 3.79. The second-order valence-electron chi connectivity index (χ2n) is 5.76. The van der Waals surface area contributed by atoms with Gasteiger partial charge < -0.3 is 4.90 Å². The van der Waals surface area contributed by atoms with Crippen LogP contribution in [-0.4, -0.2) is 16.8 Å². The SMILES string of the molecule is Cc1ccc(C(=O)N(C(C)C)[C@H](C)c2ccccc2)cc1. The van der Waals surface area contributed by atoms with Gasteiger partial charge in [-0.3, -0.25) is 4.79 Å². The molecule has 0 bridgehead atoms. The summed E-state index contributed by atoms with van der Waals surface area (Å²) < 4.78 is 0. The molecule has 21 heavy (non-hydrogen) atoms. The molecule has 0 N–H and O–H groups in total. The van der Waals surface area contributed by atoms with E-state index in [4.69, 9.17) is 0 Å². The van der Waals surface area contributed by atoms with Gasteiger partial charge in [-0.15, -0.1) is 0 Å². The molecule has 0 spiro atoms. The van der Waals surface area contributed by atoms with Gasteiger partial charge in [0.15, 0.2) is 0 Å². The highest BCUT2D eigenvalue weighted by Gasteiger charge is 2.25. The van der Waals surface area contributed by atoms with Crippen LogP contribution in [0.2, 0.25) is 0 Å². The van der Waals surface area contributed by atoms with Crippen molar-refractivity contribution < 1.29 is 4.79 Å². The van der Waals surface area contributed by atoms with Gasteiger partial charge in [0.25, 0.3) is 5.91 Å². The van der Waals surface area contributed by atoms with Crippen molar-refractivity contribution in [2.45, 2.75) is 39.8 Å². The van der Waals surface area contributed by atoms with E-state index in [1.165, 1.54) is 5.56 Å². The zero-order valence-electron chi connectivity index (χ0n) is 13.2. The number of nitrogens with zero attached hydrogens (tertiary/aromatic N) is 1. The van der Waals surface area contributed by atoms with Gasteiger partial charge in [-0.25, -0.2) is 0 Å². The molecule has 0 heterocycles. The summed E-state index contributed by atoms with van der Waals surface area (Å²) in [5, 5.41) is 0. The number of amides is 1. The summed E-state index contributed by atoms with van der Waals surface area (Å²) in [7, 11) is 0. The van der Waals surface area contributed by atoms with Crippen LogP contribution < -0.4 is 0 Å². The van der Waals surface area contributed by atoms with Crippen molar-refractivity contribution in [2.24, 2.45) is 0 Å². The Balaban J connectivity index is 2.30. The molecule has 2 aromatic rings. The Morgan fingerprint density at radius 3 is 2.00 bits per heavy atom. The second-order valence-corrected chi connectivity index (χ2v) is 5.76. The first-order chi connectivity index (χ1) is 10.0. The minimum Gasteiger partial charge on any atom is -0.329 e. The van der Waals surface area contributed by atoms with E-state index < -0.39 is 0 Å². The molecule has 2 heteroatoms. The van der Waals surface area contributed by atoms with Gasteiger partial charge in [0.2, 0.25) is 0 Å². The van der Waals surface area contributed by atoms with Crippen molar-refractivity contribution in [1.82, 2.24) is 4.90 Å². The number of hydrogen-bond donors (Lipinski definition) is 0. The number of aryl methyl sites for hydroxylation is 1. The fourth-order valence-electron chi connectivity index (χ4n) is 2.59. The van der Waals surface area contributed by atoms with E-state index >= 15 is 0 Å². The lowest BCUT2D eigenvalue weighted by Crippen LogP contribution is -2.39. The zero-order chi connectivity index (χ0) is 15.4. The van der Waals surface area contributed by atoms with Gasteiger partial charge in [-0.2, -0.15) is 0 Å². The number of hydrogen-bond acceptors (Lipinski definition) is 1. The highest BCUT2D eigenvalue weighted by molar-refractivity contribution is 5.94. The Kier molecular flexibility index (Phi) is 4.79. The monoisotopic (exact) mass is 281 g/mol. The molecule has 0 aromatic heterocycles. The van der Waals surface area contributed by atoms with E-state index in [-0.39, 0.29) is 18.0 Å². The van der Waals surface area contributed by atoms with Crippen molar-refractivity contribution in [3.8, 4) is 0 Å². The fourth-order valence-corrected chi connectivity index (χ4v) is 2.59. The summed E-state index contributed by atoms with van der Waals surface area (Å²) in [6.45, 7) is 8.24. The smallest absolute Gasteiger partial charge is 0.254 e. The third-order valence-electron chi connectivity index (χ3n) is 3.79. The van der Waals surface area contributed by atoms with Gasteiger partial charge in [-0.05, 0) is 45.4 Å². The number of carbonyl (C=O) groups excluding carboxylic acids is 1. The van der Waals surface area contributed by atoms with Crippen molar-refractivity contribution >= 4 is 5.91 Å². The van der Waals surface area contributed by atoms with Crippen LogP contribution in [-0.2, 0) is 0 Å². The average Bonchev–Trinajstić information content (AvgIpc) is 2.48. The van der Waals surface area contributed by atoms with Crippen LogP contribution in [0.5, 0.6) is 0 Å². The molecular weight excluding hydrogens is 258 g/mol. The summed E-state index contributed by atoms with van der Waals surface area (Å²) in [5.74, 6) is 0.0846. The first kappa shape index (κ1) is 15.3. The molecule has 2 rings (SSSR count). The Labute approximate surface area is 127 Å². The van der Waals surface area contributed by atoms with Gasteiger partial charge in [0.1, 0.15) is 0 Å². The van der Waals surface area contributed by atoms with Gasteiger partial charge >= 0.3 is 0 Å². The van der Waals surface area contributed by atoms with Gasteiger partial charge in [0, 0.05) is 11.6 Å². The van der Waals surface area contributed by atoms with Crippen LogP contribution in [0, 0.1) is 6.92 Å². The molecule has 0 aliphatic rings. The molecule has 2 nitrogen and oxygen atoms in total.